The number of fused-ring (bicyclic) bond motifs is 5. The maximum atomic E-state index is 3.82. The Morgan fingerprint density at radius 1 is 1.06 bits per heavy atom. The van der Waals surface area contributed by atoms with Crippen molar-refractivity contribution >= 4 is 0 Å². The molecule has 3 fully saturated rings. The van der Waals surface area contributed by atoms with Crippen LogP contribution in [0.4, 0.5) is 0 Å². The summed E-state index contributed by atoms with van der Waals surface area (Å²) in [5, 5.41) is 3.82. The maximum Gasteiger partial charge on any atom is 0.00412 e. The van der Waals surface area contributed by atoms with E-state index in [1.165, 1.54) is 64.2 Å². The molecule has 7 atom stereocenters. The van der Waals surface area contributed by atoms with Crippen molar-refractivity contribution in [2.75, 3.05) is 6.54 Å². The molecule has 1 nitrogen and oxygen atoms in total. The van der Waals surface area contributed by atoms with E-state index in [4.69, 9.17) is 0 Å². The third kappa shape index (κ3) is 4.79. The number of allylic oxidation sites excluding steroid dienone is 3. The lowest BCUT2D eigenvalue weighted by Crippen LogP contribution is -2.49. The third-order valence-corrected chi connectivity index (χ3v) is 11.1. The molecule has 0 heterocycles. The highest BCUT2D eigenvalue weighted by Gasteiger charge is 2.57. The van der Waals surface area contributed by atoms with Crippen LogP contribution in [0.2, 0.25) is 0 Å². The Morgan fingerprint density at radius 2 is 1.82 bits per heavy atom. The normalized spacial score (nSPS) is 41.2. The molecule has 0 bridgehead atoms. The van der Waals surface area contributed by atoms with Crippen molar-refractivity contribution in [1.82, 2.24) is 5.32 Å². The van der Waals surface area contributed by atoms with E-state index in [2.05, 4.69) is 72.9 Å². The van der Waals surface area contributed by atoms with Crippen LogP contribution in [-0.4, -0.2) is 12.6 Å². The second kappa shape index (κ2) is 9.48. The van der Waals surface area contributed by atoms with Crippen molar-refractivity contribution in [2.45, 2.75) is 126 Å². The van der Waals surface area contributed by atoms with E-state index in [1.54, 1.807) is 5.57 Å². The fourth-order valence-corrected chi connectivity index (χ4v) is 9.29. The van der Waals surface area contributed by atoms with Gasteiger partial charge in [0, 0.05) is 6.04 Å². The number of hydrogen-bond donors (Lipinski definition) is 1. The lowest BCUT2D eigenvalue weighted by atomic mass is 9.46. The second-order valence-electron chi connectivity index (χ2n) is 14.4. The van der Waals surface area contributed by atoms with Crippen molar-refractivity contribution in [2.24, 2.45) is 45.8 Å². The van der Waals surface area contributed by atoms with Gasteiger partial charge in [-0.3, -0.25) is 0 Å². The smallest absolute Gasteiger partial charge is 0.00412 e. The molecule has 4 aliphatic carbocycles. The van der Waals surface area contributed by atoms with Crippen LogP contribution in [0.25, 0.3) is 0 Å². The summed E-state index contributed by atoms with van der Waals surface area (Å²) >= 11 is 0. The summed E-state index contributed by atoms with van der Waals surface area (Å²) in [6.45, 7) is 20.9. The fraction of sp³-hybridized carbons (Fsp3) is 0.875. The second-order valence-corrected chi connectivity index (χ2v) is 14.4. The van der Waals surface area contributed by atoms with Crippen molar-refractivity contribution in [3.8, 4) is 0 Å². The van der Waals surface area contributed by atoms with Gasteiger partial charge in [-0.25, -0.2) is 0 Å². The van der Waals surface area contributed by atoms with Crippen molar-refractivity contribution in [3.63, 3.8) is 0 Å². The number of rotatable bonds is 7. The van der Waals surface area contributed by atoms with Gasteiger partial charge >= 0.3 is 0 Å². The quantitative estimate of drug-likeness (QED) is 0.379. The van der Waals surface area contributed by atoms with Crippen molar-refractivity contribution in [1.29, 1.82) is 0 Å². The molecule has 0 aromatic heterocycles. The molecule has 0 radical (unpaired) electrons. The van der Waals surface area contributed by atoms with E-state index in [-0.39, 0.29) is 0 Å². The van der Waals surface area contributed by atoms with Crippen LogP contribution < -0.4 is 5.32 Å². The lowest BCUT2D eigenvalue weighted by molar-refractivity contribution is -0.000540. The third-order valence-electron chi connectivity index (χ3n) is 11.1. The van der Waals surface area contributed by atoms with Crippen molar-refractivity contribution in [3.05, 3.63) is 23.3 Å². The number of hydrogen-bond acceptors (Lipinski definition) is 1. The molecule has 33 heavy (non-hydrogen) atoms. The molecule has 0 aromatic carbocycles. The van der Waals surface area contributed by atoms with Crippen LogP contribution in [0.5, 0.6) is 0 Å². The molecule has 3 saturated carbocycles. The van der Waals surface area contributed by atoms with E-state index in [1.807, 2.05) is 5.57 Å². The highest BCUT2D eigenvalue weighted by molar-refractivity contribution is 5.31. The summed E-state index contributed by atoms with van der Waals surface area (Å²) in [6.07, 6.45) is 19.3. The van der Waals surface area contributed by atoms with Gasteiger partial charge in [0.15, 0.2) is 0 Å². The Balaban J connectivity index is 1.47. The van der Waals surface area contributed by atoms with Gasteiger partial charge in [0.05, 0.1) is 0 Å². The maximum absolute atomic E-state index is 3.82. The SMILES string of the molecule is C/C=C(/CCN[C@H](C)CC(C)C)[C@H]1CC[C@H]2[C@@H]3CC[C@H]4CC(C)(C)CC[C@]4(C)C3=CCC12C. The molecule has 0 aromatic rings. The zero-order chi connectivity index (χ0) is 24.0. The highest BCUT2D eigenvalue weighted by Crippen LogP contribution is 2.67. The van der Waals surface area contributed by atoms with E-state index >= 15 is 0 Å². The van der Waals surface area contributed by atoms with Crippen LogP contribution >= 0.6 is 0 Å². The van der Waals surface area contributed by atoms with Crippen LogP contribution in [0, 0.1) is 45.8 Å². The summed E-state index contributed by atoms with van der Waals surface area (Å²) in [5.41, 5.74) is 5.21. The molecule has 1 unspecified atom stereocenters. The molecule has 4 aliphatic rings. The van der Waals surface area contributed by atoms with Crippen LogP contribution in [0.15, 0.2) is 23.3 Å². The van der Waals surface area contributed by atoms with Crippen LogP contribution in [0.3, 0.4) is 0 Å². The Bertz CT molecular complexity index is 756. The van der Waals surface area contributed by atoms with E-state index < -0.39 is 0 Å². The predicted molar refractivity (Wildman–Crippen MR) is 144 cm³/mol. The van der Waals surface area contributed by atoms with Gasteiger partial charge in [-0.05, 0) is 130 Å². The first-order valence-electron chi connectivity index (χ1n) is 14.6. The molecule has 188 valence electrons. The first kappa shape index (κ1) is 25.5. The minimum Gasteiger partial charge on any atom is -0.314 e. The molecule has 0 amide bonds. The largest absolute Gasteiger partial charge is 0.314 e. The Morgan fingerprint density at radius 3 is 2.52 bits per heavy atom. The predicted octanol–water partition coefficient (Wildman–Crippen LogP) is 8.95. The minimum atomic E-state index is 0.483. The zero-order valence-electron chi connectivity index (χ0n) is 23.4. The minimum absolute atomic E-state index is 0.483. The van der Waals surface area contributed by atoms with Gasteiger partial charge in [0.2, 0.25) is 0 Å². The van der Waals surface area contributed by atoms with E-state index in [9.17, 15) is 0 Å². The van der Waals surface area contributed by atoms with Gasteiger partial charge in [-0.1, -0.05) is 64.8 Å². The Hall–Kier alpha value is -0.560. The first-order valence-corrected chi connectivity index (χ1v) is 14.6. The summed E-state index contributed by atoms with van der Waals surface area (Å²) in [7, 11) is 0. The molecule has 0 spiro atoms. The average molecular weight is 454 g/mol. The van der Waals surface area contributed by atoms with Crippen LogP contribution in [-0.2, 0) is 0 Å². The van der Waals surface area contributed by atoms with Crippen molar-refractivity contribution < 1.29 is 0 Å². The van der Waals surface area contributed by atoms with Gasteiger partial charge in [-0.15, -0.1) is 0 Å². The molecule has 0 aliphatic heterocycles. The average Bonchev–Trinajstić information content (AvgIpc) is 3.08. The molecule has 4 rings (SSSR count). The molecular formula is C32H55N. The summed E-state index contributed by atoms with van der Waals surface area (Å²) in [5.74, 6) is 4.29. The molecular weight excluding hydrogens is 398 g/mol. The molecule has 1 N–H and O–H groups in total. The van der Waals surface area contributed by atoms with Gasteiger partial charge in [-0.2, -0.15) is 0 Å². The monoisotopic (exact) mass is 453 g/mol. The first-order chi connectivity index (χ1) is 15.5. The summed E-state index contributed by atoms with van der Waals surface area (Å²) in [6, 6.07) is 0.631. The summed E-state index contributed by atoms with van der Waals surface area (Å²) < 4.78 is 0. The van der Waals surface area contributed by atoms with Crippen LogP contribution in [0.1, 0.15) is 120 Å². The molecule has 0 saturated heterocycles. The standard InChI is InChI=1S/C32H55N/c1-9-24(15-19-33-23(4)20-22(2)3)27-12-13-28-26-11-10-25-21-30(5,6)17-18-31(25,7)29(26)14-16-32(27,28)8/h9,14,22-23,25-28,33H,10-13,15-21H2,1-8H3/b24-9-/t23-,25+,26+,27-,28+,31+,32?/m1/s1. The lowest BCUT2D eigenvalue weighted by Gasteiger charge is -2.58. The number of nitrogens with one attached hydrogen (secondary N) is 1. The van der Waals surface area contributed by atoms with Gasteiger partial charge in [0.25, 0.3) is 0 Å². The van der Waals surface area contributed by atoms with E-state index in [0.717, 1.165) is 36.1 Å². The Labute approximate surface area is 206 Å². The zero-order valence-corrected chi connectivity index (χ0v) is 23.4. The topological polar surface area (TPSA) is 12.0 Å². The van der Waals surface area contributed by atoms with Gasteiger partial charge < -0.3 is 5.32 Å². The van der Waals surface area contributed by atoms with Gasteiger partial charge in [0.1, 0.15) is 0 Å². The Kier molecular flexibility index (Phi) is 7.33. The fourth-order valence-electron chi connectivity index (χ4n) is 9.29. The summed E-state index contributed by atoms with van der Waals surface area (Å²) in [4.78, 5) is 0. The highest BCUT2D eigenvalue weighted by atomic mass is 14.9. The van der Waals surface area contributed by atoms with E-state index in [0.29, 0.717) is 22.3 Å². The molecule has 1 heteroatoms.